The summed E-state index contributed by atoms with van der Waals surface area (Å²) in [6.07, 6.45) is 6.56. The fourth-order valence-corrected chi connectivity index (χ4v) is 1.24. The maximum Gasteiger partial charge on any atom is 0.150 e. The van der Waals surface area contributed by atoms with Crippen LogP contribution in [-0.2, 0) is 0 Å². The highest BCUT2D eigenvalue weighted by atomic mass is 16.1. The number of rotatable bonds is 5. The summed E-state index contributed by atoms with van der Waals surface area (Å²) in [6, 6.07) is 7.50. The highest BCUT2D eigenvalue weighted by molar-refractivity contribution is 5.81. The minimum atomic E-state index is 0.709. The number of nitrogens with zero attached hydrogens (tertiary/aromatic N) is 1. The Morgan fingerprint density at radius 1 is 1.33 bits per heavy atom. The van der Waals surface area contributed by atoms with Crippen LogP contribution in [0, 0.1) is 0 Å². The highest BCUT2D eigenvalue weighted by Gasteiger charge is 1.95. The third-order valence-corrected chi connectivity index (χ3v) is 2.05. The Balaban J connectivity index is 2.79. The number of likely N-dealkylation sites (N-methyl/N-ethyl adjacent to an activating group) is 1. The van der Waals surface area contributed by atoms with Gasteiger partial charge in [0.15, 0.2) is 6.29 Å². The molecule has 0 bridgehead atoms. The van der Waals surface area contributed by atoms with Gasteiger partial charge >= 0.3 is 0 Å². The van der Waals surface area contributed by atoms with E-state index in [1.807, 2.05) is 48.5 Å². The zero-order valence-corrected chi connectivity index (χ0v) is 8.89. The molecule has 1 rings (SSSR count). The van der Waals surface area contributed by atoms with Gasteiger partial charge in [0.1, 0.15) is 0 Å². The number of hydrogen-bond acceptors (Lipinski definition) is 2. The van der Waals surface area contributed by atoms with E-state index in [0.29, 0.717) is 5.56 Å². The Labute approximate surface area is 90.5 Å². The topological polar surface area (TPSA) is 20.3 Å². The molecule has 0 aliphatic heterocycles. The lowest BCUT2D eigenvalue weighted by Gasteiger charge is -2.10. The van der Waals surface area contributed by atoms with Gasteiger partial charge in [-0.2, -0.15) is 0 Å². The fourth-order valence-electron chi connectivity index (χ4n) is 1.24. The molecule has 1 aromatic carbocycles. The van der Waals surface area contributed by atoms with Gasteiger partial charge in [0.25, 0.3) is 0 Å². The second-order valence-corrected chi connectivity index (χ2v) is 3.29. The summed E-state index contributed by atoms with van der Waals surface area (Å²) in [5.41, 5.74) is 1.64. The normalized spacial score (nSPS) is 10.2. The molecule has 1 aromatic rings. The molecule has 2 heteroatoms. The average Bonchev–Trinajstić information content (AvgIpc) is 2.27. The Bertz CT molecular complexity index is 369. The van der Waals surface area contributed by atoms with Crippen LogP contribution in [0.15, 0.2) is 43.1 Å². The molecule has 0 N–H and O–H groups in total. The Hall–Kier alpha value is -1.83. The standard InChI is InChI=1S/C13H15NO/c1-3-9-14(2)10-8-12-6-4-5-7-13(12)11-15/h3-8,10-11H,1,9H2,2H3/b10-8-. The Kier molecular flexibility index (Phi) is 4.35. The molecule has 0 aromatic heterocycles. The van der Waals surface area contributed by atoms with Crippen LogP contribution >= 0.6 is 0 Å². The largest absolute Gasteiger partial charge is 0.377 e. The SMILES string of the molecule is C=CCN(C)/C=C\c1ccccc1C=O. The molecule has 0 aliphatic carbocycles. The minimum Gasteiger partial charge on any atom is -0.377 e. The Morgan fingerprint density at radius 2 is 2.00 bits per heavy atom. The van der Waals surface area contributed by atoms with Crippen molar-refractivity contribution >= 4 is 12.4 Å². The first kappa shape index (κ1) is 11.2. The first-order valence-corrected chi connectivity index (χ1v) is 4.81. The van der Waals surface area contributed by atoms with E-state index in [1.165, 1.54) is 0 Å². The predicted octanol–water partition coefficient (Wildman–Crippen LogP) is 2.59. The van der Waals surface area contributed by atoms with E-state index in [4.69, 9.17) is 0 Å². The summed E-state index contributed by atoms with van der Waals surface area (Å²) >= 11 is 0. The van der Waals surface area contributed by atoms with Crippen LogP contribution < -0.4 is 0 Å². The van der Waals surface area contributed by atoms with E-state index < -0.39 is 0 Å². The van der Waals surface area contributed by atoms with Gasteiger partial charge in [-0.3, -0.25) is 4.79 Å². The smallest absolute Gasteiger partial charge is 0.150 e. The molecule has 0 radical (unpaired) electrons. The van der Waals surface area contributed by atoms with Crippen molar-refractivity contribution in [2.45, 2.75) is 0 Å². The lowest BCUT2D eigenvalue weighted by atomic mass is 10.1. The summed E-state index contributed by atoms with van der Waals surface area (Å²) in [5.74, 6) is 0. The third-order valence-electron chi connectivity index (χ3n) is 2.05. The van der Waals surface area contributed by atoms with Crippen LogP contribution in [-0.4, -0.2) is 24.8 Å². The molecule has 0 saturated carbocycles. The van der Waals surface area contributed by atoms with Crippen LogP contribution in [0.2, 0.25) is 0 Å². The molecule has 0 saturated heterocycles. The van der Waals surface area contributed by atoms with E-state index in [9.17, 15) is 4.79 Å². The molecule has 0 atom stereocenters. The molecule has 0 aliphatic rings. The van der Waals surface area contributed by atoms with E-state index >= 15 is 0 Å². The number of aldehydes is 1. The molecule has 0 amide bonds. The van der Waals surface area contributed by atoms with Crippen molar-refractivity contribution in [2.24, 2.45) is 0 Å². The van der Waals surface area contributed by atoms with Crippen molar-refractivity contribution in [1.29, 1.82) is 0 Å². The van der Waals surface area contributed by atoms with Crippen LogP contribution in [0.25, 0.3) is 6.08 Å². The van der Waals surface area contributed by atoms with E-state index in [-0.39, 0.29) is 0 Å². The van der Waals surface area contributed by atoms with Crippen molar-refractivity contribution in [3.8, 4) is 0 Å². The molecule has 0 spiro atoms. The summed E-state index contributed by atoms with van der Waals surface area (Å²) in [5, 5.41) is 0. The van der Waals surface area contributed by atoms with Gasteiger partial charge in [-0.25, -0.2) is 0 Å². The predicted molar refractivity (Wildman–Crippen MR) is 63.7 cm³/mol. The molecule has 0 fully saturated rings. The lowest BCUT2D eigenvalue weighted by Crippen LogP contribution is -2.09. The van der Waals surface area contributed by atoms with Crippen molar-refractivity contribution in [3.05, 3.63) is 54.2 Å². The maximum absolute atomic E-state index is 10.7. The Morgan fingerprint density at radius 3 is 2.60 bits per heavy atom. The van der Waals surface area contributed by atoms with Crippen LogP contribution in [0.3, 0.4) is 0 Å². The zero-order valence-electron chi connectivity index (χ0n) is 8.89. The van der Waals surface area contributed by atoms with E-state index in [0.717, 1.165) is 18.4 Å². The molecule has 15 heavy (non-hydrogen) atoms. The van der Waals surface area contributed by atoms with Gasteiger partial charge in [0, 0.05) is 19.2 Å². The molecular formula is C13H15NO. The summed E-state index contributed by atoms with van der Waals surface area (Å²) in [6.45, 7) is 4.45. The van der Waals surface area contributed by atoms with Crippen molar-refractivity contribution in [2.75, 3.05) is 13.6 Å². The van der Waals surface area contributed by atoms with Crippen molar-refractivity contribution < 1.29 is 4.79 Å². The average molecular weight is 201 g/mol. The lowest BCUT2D eigenvalue weighted by molar-refractivity contribution is 0.112. The van der Waals surface area contributed by atoms with Gasteiger partial charge in [-0.1, -0.05) is 30.3 Å². The highest BCUT2D eigenvalue weighted by Crippen LogP contribution is 2.08. The number of carbonyl (C=O) groups excluding carboxylic acids is 1. The third kappa shape index (κ3) is 3.43. The summed E-state index contributed by atoms with van der Waals surface area (Å²) in [4.78, 5) is 12.7. The minimum absolute atomic E-state index is 0.709. The summed E-state index contributed by atoms with van der Waals surface area (Å²) < 4.78 is 0. The van der Waals surface area contributed by atoms with Crippen LogP contribution in [0.1, 0.15) is 15.9 Å². The molecule has 0 unspecified atom stereocenters. The number of carbonyl (C=O) groups is 1. The zero-order chi connectivity index (χ0) is 11.1. The molecule has 78 valence electrons. The van der Waals surface area contributed by atoms with Crippen molar-refractivity contribution in [3.63, 3.8) is 0 Å². The fraction of sp³-hybridized carbons (Fsp3) is 0.154. The molecular weight excluding hydrogens is 186 g/mol. The monoisotopic (exact) mass is 201 g/mol. The quantitative estimate of drug-likeness (QED) is 0.539. The van der Waals surface area contributed by atoms with Gasteiger partial charge in [0.2, 0.25) is 0 Å². The summed E-state index contributed by atoms with van der Waals surface area (Å²) in [7, 11) is 1.96. The van der Waals surface area contributed by atoms with Gasteiger partial charge < -0.3 is 4.90 Å². The molecule has 2 nitrogen and oxygen atoms in total. The van der Waals surface area contributed by atoms with E-state index in [2.05, 4.69) is 6.58 Å². The second-order valence-electron chi connectivity index (χ2n) is 3.29. The molecule has 0 heterocycles. The van der Waals surface area contributed by atoms with Crippen LogP contribution in [0.5, 0.6) is 0 Å². The van der Waals surface area contributed by atoms with Gasteiger partial charge in [-0.05, 0) is 17.8 Å². The first-order chi connectivity index (χ1) is 7.27. The van der Waals surface area contributed by atoms with E-state index in [1.54, 1.807) is 6.07 Å². The van der Waals surface area contributed by atoms with Gasteiger partial charge in [-0.15, -0.1) is 6.58 Å². The number of hydrogen-bond donors (Lipinski definition) is 0. The van der Waals surface area contributed by atoms with Crippen LogP contribution in [0.4, 0.5) is 0 Å². The van der Waals surface area contributed by atoms with Gasteiger partial charge in [0.05, 0.1) is 0 Å². The first-order valence-electron chi connectivity index (χ1n) is 4.81. The van der Waals surface area contributed by atoms with Crippen molar-refractivity contribution in [1.82, 2.24) is 4.90 Å². The second kappa shape index (κ2) is 5.81. The maximum atomic E-state index is 10.7. The number of benzene rings is 1.